The van der Waals surface area contributed by atoms with Crippen molar-refractivity contribution in [3.63, 3.8) is 0 Å². The van der Waals surface area contributed by atoms with Crippen molar-refractivity contribution in [1.29, 1.82) is 10.5 Å². The number of hydrogen-bond donors (Lipinski definition) is 6. The van der Waals surface area contributed by atoms with E-state index in [2.05, 4.69) is 53.8 Å². The average Bonchev–Trinajstić information content (AvgIpc) is 2.64. The number of urea groups is 2. The van der Waals surface area contributed by atoms with Crippen LogP contribution in [0.3, 0.4) is 0 Å². The summed E-state index contributed by atoms with van der Waals surface area (Å²) >= 11 is 12.8. The Hall–Kier alpha value is -6.34. The van der Waals surface area contributed by atoms with Crippen LogP contribution in [0.2, 0.25) is 10.0 Å². The largest absolute Gasteiger partial charge is 0.353 e. The summed E-state index contributed by atoms with van der Waals surface area (Å²) in [5.41, 5.74) is 6.33. The molecule has 4 aromatic rings. The first kappa shape index (κ1) is 61.7. The number of nitriles is 2. The molecule has 0 aliphatic carbocycles. The number of hydrogen-bond acceptors (Lipinski definition) is 12. The van der Waals surface area contributed by atoms with E-state index in [0.29, 0.717) is 112 Å². The molecule has 0 radical (unpaired) electrons. The lowest BCUT2D eigenvalue weighted by Crippen LogP contribution is -2.46. The molecular weight excluding hydrogens is 1130 g/mol. The summed E-state index contributed by atoms with van der Waals surface area (Å²) in [6.45, 7) is 4.84. The smallest absolute Gasteiger partial charge is 0.314 e. The topological polar surface area (TPSA) is 269 Å². The molecule has 6 amide bonds. The summed E-state index contributed by atoms with van der Waals surface area (Å²) in [7, 11) is -3.69. The Labute approximate surface area is 491 Å². The van der Waals surface area contributed by atoms with E-state index in [1.54, 1.807) is 48.5 Å². The van der Waals surface area contributed by atoms with Gasteiger partial charge in [0.25, 0.3) is 0 Å². The van der Waals surface area contributed by atoms with Gasteiger partial charge < -0.3 is 41.7 Å². The zero-order valence-electron chi connectivity index (χ0n) is 46.3. The lowest BCUT2D eigenvalue weighted by atomic mass is 9.83. The first-order valence-electron chi connectivity index (χ1n) is 28.0. The number of carbonyl (C=O) groups is 4. The number of nitrogens with zero attached hydrogens (tertiary/aromatic N) is 6. The number of amides is 6. The fraction of sp³-hybridized carbons (Fsp3) is 0.483. The molecule has 0 saturated carbocycles. The fourth-order valence-electron chi connectivity index (χ4n) is 11.4. The first-order chi connectivity index (χ1) is 39.3. The highest BCUT2D eigenvalue weighted by atomic mass is 35.5. The average molecular weight is 1200 g/mol. The maximum Gasteiger partial charge on any atom is 0.314 e. The van der Waals surface area contributed by atoms with Crippen molar-refractivity contribution in [2.45, 2.75) is 111 Å². The second-order valence-electron chi connectivity index (χ2n) is 21.7. The van der Waals surface area contributed by atoms with Gasteiger partial charge in [0.05, 0.1) is 33.1 Å². The highest BCUT2D eigenvalue weighted by molar-refractivity contribution is 7.89. The number of carbonyl (C=O) groups excluding carboxylic acids is 4. The van der Waals surface area contributed by atoms with Gasteiger partial charge in [0, 0.05) is 125 Å². The number of rotatable bonds is 21. The number of likely N-dealkylation sites (N-methyl/N-ethyl adjacent to an activating group) is 2. The fourth-order valence-corrected chi connectivity index (χ4v) is 14.9. The van der Waals surface area contributed by atoms with Crippen molar-refractivity contribution in [3.8, 4) is 12.1 Å². The molecule has 4 heterocycles. The van der Waals surface area contributed by atoms with Gasteiger partial charge in [0.1, 0.15) is 0 Å². The van der Waals surface area contributed by atoms with Gasteiger partial charge in [-0.2, -0.15) is 19.1 Å². The molecule has 82 heavy (non-hydrogen) atoms. The quantitative estimate of drug-likeness (QED) is 0.0520. The van der Waals surface area contributed by atoms with Gasteiger partial charge in [-0.05, 0) is 147 Å². The summed E-state index contributed by atoms with van der Waals surface area (Å²) < 4.78 is 58.4. The lowest BCUT2D eigenvalue weighted by molar-refractivity contribution is -0.123. The zero-order chi connectivity index (χ0) is 58.6. The van der Waals surface area contributed by atoms with Gasteiger partial charge >= 0.3 is 12.1 Å². The molecule has 4 aliphatic rings. The second kappa shape index (κ2) is 28.3. The monoisotopic (exact) mass is 1200 g/mol. The molecule has 8 rings (SSSR count). The van der Waals surface area contributed by atoms with E-state index in [4.69, 9.17) is 23.2 Å². The van der Waals surface area contributed by atoms with Gasteiger partial charge in [0.15, 0.2) is 0 Å². The molecule has 0 unspecified atom stereocenters. The number of unbranched alkanes of at least 4 members (excludes halogenated alkanes) is 1. The molecule has 2 saturated heterocycles. The van der Waals surface area contributed by atoms with Crippen LogP contribution in [0.5, 0.6) is 0 Å². The van der Waals surface area contributed by atoms with Gasteiger partial charge in [-0.3, -0.25) is 9.59 Å². The van der Waals surface area contributed by atoms with Crippen LogP contribution in [0.25, 0.3) is 0 Å². The van der Waals surface area contributed by atoms with E-state index in [1.165, 1.54) is 8.61 Å². The molecule has 24 heteroatoms. The van der Waals surface area contributed by atoms with Crippen molar-refractivity contribution in [2.24, 2.45) is 0 Å². The van der Waals surface area contributed by atoms with Crippen LogP contribution < -0.4 is 31.9 Å². The maximum absolute atomic E-state index is 13.9. The van der Waals surface area contributed by atoms with E-state index in [0.717, 1.165) is 33.4 Å². The normalized spacial score (nSPS) is 18.5. The molecule has 6 N–H and O–H groups in total. The molecule has 20 nitrogen and oxygen atoms in total. The Balaban J connectivity index is 0.633. The predicted octanol–water partition coefficient (Wildman–Crippen LogP) is 6.07. The number of nitrogens with one attached hydrogen (secondary N) is 6. The van der Waals surface area contributed by atoms with Crippen molar-refractivity contribution < 1.29 is 36.0 Å². The molecule has 0 aromatic heterocycles. The minimum Gasteiger partial charge on any atom is -0.353 e. The number of piperidine rings is 2. The highest BCUT2D eigenvalue weighted by Gasteiger charge is 2.35. The van der Waals surface area contributed by atoms with Crippen LogP contribution in [-0.4, -0.2) is 151 Å². The number of halogens is 2. The molecule has 2 fully saturated rings. The van der Waals surface area contributed by atoms with E-state index in [-0.39, 0.29) is 110 Å². The van der Waals surface area contributed by atoms with Crippen molar-refractivity contribution >= 4 is 67.1 Å². The third kappa shape index (κ3) is 15.8. The summed E-state index contributed by atoms with van der Waals surface area (Å²) in [6.07, 6.45) is 4.32. The Bertz CT molecular complexity index is 3090. The first-order valence-corrected chi connectivity index (χ1v) is 31.6. The van der Waals surface area contributed by atoms with E-state index in [1.807, 2.05) is 38.4 Å². The summed E-state index contributed by atoms with van der Waals surface area (Å²) in [6, 6.07) is 24.4. The third-order valence-electron chi connectivity index (χ3n) is 15.7. The minimum atomic E-state index is -3.82. The second-order valence-corrected chi connectivity index (χ2v) is 26.4. The van der Waals surface area contributed by atoms with Gasteiger partial charge in [-0.1, -0.05) is 47.5 Å². The van der Waals surface area contributed by atoms with E-state index >= 15 is 0 Å². The van der Waals surface area contributed by atoms with Gasteiger partial charge in [-0.25, -0.2) is 26.4 Å². The molecule has 2 atom stereocenters. The Morgan fingerprint density at radius 1 is 0.549 bits per heavy atom. The highest BCUT2D eigenvalue weighted by Crippen LogP contribution is 2.39. The number of sulfonamides is 2. The molecule has 4 aromatic carbocycles. The molecular formula is C58H72Cl2N12O8S2. The van der Waals surface area contributed by atoms with E-state index in [9.17, 15) is 46.5 Å². The molecule has 0 bridgehead atoms. The van der Waals surface area contributed by atoms with Gasteiger partial charge in [0.2, 0.25) is 31.9 Å². The number of fused-ring (bicyclic) bond motifs is 2. The zero-order valence-corrected chi connectivity index (χ0v) is 49.5. The van der Waals surface area contributed by atoms with Crippen LogP contribution in [-0.2, 0) is 42.7 Å². The van der Waals surface area contributed by atoms with Crippen LogP contribution in [0.4, 0.5) is 9.59 Å². The summed E-state index contributed by atoms with van der Waals surface area (Å²) in [5.74, 6) is -0.673. The Morgan fingerprint density at radius 3 is 1.28 bits per heavy atom. The van der Waals surface area contributed by atoms with Crippen LogP contribution in [0.15, 0.2) is 82.6 Å². The van der Waals surface area contributed by atoms with Crippen molar-refractivity contribution in [1.82, 2.24) is 50.3 Å². The Morgan fingerprint density at radius 2 is 0.915 bits per heavy atom. The van der Waals surface area contributed by atoms with Crippen molar-refractivity contribution in [2.75, 3.05) is 79.5 Å². The molecule has 438 valence electrons. The Kier molecular flexibility index (Phi) is 21.3. The minimum absolute atomic E-state index is 0.167. The van der Waals surface area contributed by atoms with Crippen LogP contribution in [0, 0.1) is 22.7 Å². The number of benzene rings is 4. The standard InChI is InChI=1S/C58H72Cl2N12O8S2/c1-69-35-51(49-31-43(59)27-41(33-61)53(49)37-69)39-9-5-11-47(29-39)81(77,78)71-23-15-45(16-24-71)67-55(73)13-7-21-65-57(75)63-19-3-4-20-64-58(76)66-22-8-14-56(74)68-46-17-25-72(26-18-46)82(79,80)48-12-6-10-40(30-48)52-36-70(2)38-54-42(34-62)28-44(60)32-50(52)54/h5-6,9-12,27-32,45-46,51-52H,3-4,7-8,13-26,35-38H2,1-2H3,(H,67,73)(H,68,74)(H2,63,65,75)(H2,64,66,76)/t51-,52-/m0/s1. The van der Waals surface area contributed by atoms with Crippen LogP contribution in [0.1, 0.15) is 121 Å². The lowest BCUT2D eigenvalue weighted by Gasteiger charge is -2.34. The third-order valence-corrected chi connectivity index (χ3v) is 19.9. The summed E-state index contributed by atoms with van der Waals surface area (Å²) in [4.78, 5) is 54.8. The molecule has 4 aliphatic heterocycles. The van der Waals surface area contributed by atoms with Crippen LogP contribution >= 0.6 is 23.2 Å². The van der Waals surface area contributed by atoms with Crippen molar-refractivity contribution in [3.05, 3.63) is 127 Å². The summed E-state index contributed by atoms with van der Waals surface area (Å²) in [5, 5.41) is 37.5. The van der Waals surface area contributed by atoms with Gasteiger partial charge in [-0.15, -0.1) is 0 Å². The van der Waals surface area contributed by atoms with E-state index < -0.39 is 20.0 Å². The maximum atomic E-state index is 13.9. The predicted molar refractivity (Wildman–Crippen MR) is 312 cm³/mol. The molecule has 0 spiro atoms. The SMILES string of the molecule is CN1Cc2c(C#N)cc(Cl)cc2[C@H](c2cccc(S(=O)(=O)N3CCC(NC(=O)CCCNC(=O)NCCCCNC(=O)NCCCC(=O)NC4CCN(S(=O)(=O)c5cccc([C@@H]6CN(C)Cc7c(C#N)cc(Cl)cc76)c5)CC4)CC3)c2)C1.